The molecule has 1 aromatic heterocycles. The van der Waals surface area contributed by atoms with Gasteiger partial charge in [0.05, 0.1) is 0 Å². The van der Waals surface area contributed by atoms with E-state index in [1.807, 2.05) is 35.2 Å². The van der Waals surface area contributed by atoms with Crippen LogP contribution in [-0.2, 0) is 0 Å². The first-order valence-electron chi connectivity index (χ1n) is 8.22. The topological polar surface area (TPSA) is 66.6 Å². The summed E-state index contributed by atoms with van der Waals surface area (Å²) in [6.07, 6.45) is 3.82. The third-order valence-electron chi connectivity index (χ3n) is 5.11. The average Bonchev–Trinajstić information content (AvgIpc) is 3.18. The Morgan fingerprint density at radius 2 is 1.91 bits per heavy atom. The Balaban J connectivity index is 1.55. The van der Waals surface area contributed by atoms with Crippen LogP contribution < -0.4 is 0 Å². The second kappa shape index (κ2) is 5.81. The molecule has 1 aromatic carbocycles. The molecular weight excluding hydrogens is 292 g/mol. The third kappa shape index (κ3) is 2.55. The van der Waals surface area contributed by atoms with Crippen LogP contribution in [0.5, 0.6) is 0 Å². The second-order valence-corrected chi connectivity index (χ2v) is 6.56. The molecule has 120 valence electrons. The molecule has 1 amide bonds. The number of aliphatic hydroxyl groups is 1. The molecule has 2 bridgehead atoms. The number of carbonyl (C=O) groups excluding carboxylic acids is 1. The lowest BCUT2D eigenvalue weighted by Gasteiger charge is -2.37. The van der Waals surface area contributed by atoms with Crippen molar-refractivity contribution in [3.63, 3.8) is 0 Å². The van der Waals surface area contributed by atoms with Gasteiger partial charge in [0.25, 0.3) is 5.91 Å². The van der Waals surface area contributed by atoms with Crippen LogP contribution >= 0.6 is 0 Å². The van der Waals surface area contributed by atoms with Crippen molar-refractivity contribution >= 4 is 5.91 Å². The summed E-state index contributed by atoms with van der Waals surface area (Å²) >= 11 is 0. The zero-order valence-corrected chi connectivity index (χ0v) is 12.9. The molecule has 0 aliphatic carbocycles. The molecule has 2 aliphatic rings. The van der Waals surface area contributed by atoms with Gasteiger partial charge in [-0.1, -0.05) is 35.5 Å². The summed E-state index contributed by atoms with van der Waals surface area (Å²) in [5.41, 5.74) is 1.63. The number of carbonyl (C=O) groups is 1. The van der Waals surface area contributed by atoms with Gasteiger partial charge in [-0.05, 0) is 31.6 Å². The normalized spacial score (nSPS) is 26.5. The first kappa shape index (κ1) is 14.5. The van der Waals surface area contributed by atoms with Crippen LogP contribution in [-0.4, -0.2) is 39.8 Å². The standard InChI is InChI=1S/C18H20N2O3/c21-11-12-8-14-6-7-15(9-12)20(14)18(22)17-10-16(19-23-17)13-4-2-1-3-5-13/h1-5,10,12,14-15,21H,6-9,11H2/t12?,14-,15+. The number of aromatic nitrogens is 1. The molecule has 5 heteroatoms. The molecule has 2 fully saturated rings. The molecule has 4 rings (SSSR count). The average molecular weight is 312 g/mol. The molecule has 1 N–H and O–H groups in total. The number of fused-ring (bicyclic) bond motifs is 2. The zero-order chi connectivity index (χ0) is 15.8. The fourth-order valence-corrected chi connectivity index (χ4v) is 4.02. The summed E-state index contributed by atoms with van der Waals surface area (Å²) in [6.45, 7) is 0.218. The minimum atomic E-state index is -0.0661. The molecule has 5 nitrogen and oxygen atoms in total. The van der Waals surface area contributed by atoms with Crippen molar-refractivity contribution < 1.29 is 14.4 Å². The summed E-state index contributed by atoms with van der Waals surface area (Å²) in [7, 11) is 0. The lowest BCUT2D eigenvalue weighted by atomic mass is 9.91. The molecule has 3 heterocycles. The van der Waals surface area contributed by atoms with Crippen molar-refractivity contribution in [1.29, 1.82) is 0 Å². The predicted octanol–water partition coefficient (Wildman–Crippen LogP) is 2.72. The number of piperidine rings is 1. The van der Waals surface area contributed by atoms with E-state index in [1.165, 1.54) is 0 Å². The predicted molar refractivity (Wildman–Crippen MR) is 84.7 cm³/mol. The highest BCUT2D eigenvalue weighted by Crippen LogP contribution is 2.39. The minimum absolute atomic E-state index is 0.0661. The minimum Gasteiger partial charge on any atom is -0.396 e. The van der Waals surface area contributed by atoms with Crippen molar-refractivity contribution in [1.82, 2.24) is 10.1 Å². The van der Waals surface area contributed by atoms with Crippen LogP contribution in [0.2, 0.25) is 0 Å². The lowest BCUT2D eigenvalue weighted by molar-refractivity contribution is 0.0416. The first-order valence-corrected chi connectivity index (χ1v) is 8.22. The number of benzene rings is 1. The van der Waals surface area contributed by atoms with E-state index >= 15 is 0 Å². The van der Waals surface area contributed by atoms with E-state index < -0.39 is 0 Å². The maximum absolute atomic E-state index is 12.8. The second-order valence-electron chi connectivity index (χ2n) is 6.56. The molecule has 23 heavy (non-hydrogen) atoms. The van der Waals surface area contributed by atoms with E-state index in [9.17, 15) is 9.90 Å². The number of aliphatic hydroxyl groups excluding tert-OH is 1. The fourth-order valence-electron chi connectivity index (χ4n) is 4.02. The van der Waals surface area contributed by atoms with Gasteiger partial charge in [0, 0.05) is 30.3 Å². The highest BCUT2D eigenvalue weighted by Gasteiger charge is 2.44. The molecular formula is C18H20N2O3. The van der Waals surface area contributed by atoms with E-state index in [2.05, 4.69) is 5.16 Å². The van der Waals surface area contributed by atoms with E-state index in [0.29, 0.717) is 17.4 Å². The Hall–Kier alpha value is -2.14. The Morgan fingerprint density at radius 3 is 2.57 bits per heavy atom. The van der Waals surface area contributed by atoms with Gasteiger partial charge in [0.1, 0.15) is 5.69 Å². The lowest BCUT2D eigenvalue weighted by Crippen LogP contribution is -2.47. The van der Waals surface area contributed by atoms with Crippen LogP contribution in [0.3, 0.4) is 0 Å². The first-order chi connectivity index (χ1) is 11.3. The molecule has 2 aromatic rings. The summed E-state index contributed by atoms with van der Waals surface area (Å²) in [4.78, 5) is 14.8. The molecule has 0 spiro atoms. The van der Waals surface area contributed by atoms with Gasteiger partial charge >= 0.3 is 0 Å². The Bertz CT molecular complexity index is 683. The summed E-state index contributed by atoms with van der Waals surface area (Å²) in [5.74, 6) is 0.568. The van der Waals surface area contributed by atoms with Crippen LogP contribution in [0, 0.1) is 5.92 Å². The summed E-state index contributed by atoms with van der Waals surface area (Å²) in [6, 6.07) is 11.9. The smallest absolute Gasteiger partial charge is 0.292 e. The van der Waals surface area contributed by atoms with E-state index in [-0.39, 0.29) is 24.6 Å². The monoisotopic (exact) mass is 312 g/mol. The van der Waals surface area contributed by atoms with Gasteiger partial charge in [-0.15, -0.1) is 0 Å². The molecule has 2 aliphatic heterocycles. The Kier molecular flexibility index (Phi) is 3.65. The van der Waals surface area contributed by atoms with Gasteiger partial charge in [0.2, 0.25) is 5.76 Å². The van der Waals surface area contributed by atoms with Crippen molar-refractivity contribution in [2.75, 3.05) is 6.61 Å². The molecule has 0 saturated carbocycles. The summed E-state index contributed by atoms with van der Waals surface area (Å²) < 4.78 is 5.32. The highest BCUT2D eigenvalue weighted by molar-refractivity contribution is 5.93. The number of nitrogens with zero attached hydrogens (tertiary/aromatic N) is 2. The number of hydrogen-bond donors (Lipinski definition) is 1. The van der Waals surface area contributed by atoms with Crippen LogP contribution in [0.4, 0.5) is 0 Å². The van der Waals surface area contributed by atoms with Crippen molar-refractivity contribution in [3.8, 4) is 11.3 Å². The number of hydrogen-bond acceptors (Lipinski definition) is 4. The van der Waals surface area contributed by atoms with Crippen LogP contribution in [0.1, 0.15) is 36.2 Å². The molecule has 0 radical (unpaired) electrons. The van der Waals surface area contributed by atoms with Crippen molar-refractivity contribution in [3.05, 3.63) is 42.2 Å². The van der Waals surface area contributed by atoms with Gasteiger partial charge < -0.3 is 14.5 Å². The van der Waals surface area contributed by atoms with Crippen molar-refractivity contribution in [2.45, 2.75) is 37.8 Å². The molecule has 1 unspecified atom stereocenters. The van der Waals surface area contributed by atoms with Gasteiger partial charge in [0.15, 0.2) is 0 Å². The highest BCUT2D eigenvalue weighted by atomic mass is 16.5. The maximum atomic E-state index is 12.8. The largest absolute Gasteiger partial charge is 0.396 e. The van der Waals surface area contributed by atoms with Gasteiger partial charge in [-0.3, -0.25) is 4.79 Å². The third-order valence-corrected chi connectivity index (χ3v) is 5.11. The summed E-state index contributed by atoms with van der Waals surface area (Å²) in [5, 5.41) is 13.4. The van der Waals surface area contributed by atoms with Crippen molar-refractivity contribution in [2.24, 2.45) is 5.92 Å². The maximum Gasteiger partial charge on any atom is 0.292 e. The quantitative estimate of drug-likeness (QED) is 0.946. The molecule has 2 saturated heterocycles. The Labute approximate surface area is 134 Å². The number of rotatable bonds is 3. The van der Waals surface area contributed by atoms with Gasteiger partial charge in [-0.25, -0.2) is 0 Å². The number of amides is 1. The van der Waals surface area contributed by atoms with Crippen LogP contribution in [0.15, 0.2) is 40.9 Å². The SMILES string of the molecule is O=C(c1cc(-c2ccccc2)no1)N1[C@@H]2CC[C@H]1CC(CO)C2. The van der Waals surface area contributed by atoms with Gasteiger partial charge in [-0.2, -0.15) is 0 Å². The van der Waals surface area contributed by atoms with E-state index in [0.717, 1.165) is 31.2 Å². The van der Waals surface area contributed by atoms with E-state index in [1.54, 1.807) is 6.07 Å². The Morgan fingerprint density at radius 1 is 1.22 bits per heavy atom. The van der Waals surface area contributed by atoms with Crippen LogP contribution in [0.25, 0.3) is 11.3 Å². The fraction of sp³-hybridized carbons (Fsp3) is 0.444. The zero-order valence-electron chi connectivity index (χ0n) is 12.9. The molecule has 3 atom stereocenters. The van der Waals surface area contributed by atoms with E-state index in [4.69, 9.17) is 4.52 Å².